The summed E-state index contributed by atoms with van der Waals surface area (Å²) in [6.45, 7) is 1.82. The molecule has 0 unspecified atom stereocenters. The molecule has 1 N–H and O–H groups in total. The molecule has 0 aromatic carbocycles. The van der Waals surface area contributed by atoms with Crippen LogP contribution in [0.4, 0.5) is 0 Å². The van der Waals surface area contributed by atoms with Gasteiger partial charge in [-0.2, -0.15) is 0 Å². The van der Waals surface area contributed by atoms with Crippen LogP contribution in [-0.2, 0) is 0 Å². The highest BCUT2D eigenvalue weighted by atomic mass is 35.5. The van der Waals surface area contributed by atoms with Gasteiger partial charge in [-0.15, -0.1) is 0 Å². The van der Waals surface area contributed by atoms with Gasteiger partial charge in [0.1, 0.15) is 4.49 Å². The summed E-state index contributed by atoms with van der Waals surface area (Å²) < 4.78 is 0.197. The van der Waals surface area contributed by atoms with Crippen molar-refractivity contribution in [1.29, 1.82) is 0 Å². The summed E-state index contributed by atoms with van der Waals surface area (Å²) >= 11 is 10.6. The lowest BCUT2D eigenvalue weighted by Gasteiger charge is -1.87. The fourth-order valence-electron chi connectivity index (χ4n) is 0.258. The fourth-order valence-corrected chi connectivity index (χ4v) is 0.384. The molecule has 0 radical (unpaired) electrons. The van der Waals surface area contributed by atoms with Crippen LogP contribution in [0, 0.1) is 0 Å². The molecular formula is C6H8Cl2O. The van der Waals surface area contributed by atoms with E-state index in [2.05, 4.69) is 0 Å². The zero-order valence-corrected chi connectivity index (χ0v) is 6.58. The van der Waals surface area contributed by atoms with E-state index in [-0.39, 0.29) is 11.1 Å². The van der Waals surface area contributed by atoms with Crippen molar-refractivity contribution in [3.05, 3.63) is 22.2 Å². The van der Waals surface area contributed by atoms with Crippen molar-refractivity contribution in [2.24, 2.45) is 0 Å². The highest BCUT2D eigenvalue weighted by Gasteiger charge is 1.81. The van der Waals surface area contributed by atoms with E-state index in [1.54, 1.807) is 13.0 Å². The highest BCUT2D eigenvalue weighted by Crippen LogP contribution is 2.06. The first kappa shape index (κ1) is 9.02. The van der Waals surface area contributed by atoms with Crippen LogP contribution < -0.4 is 0 Å². The van der Waals surface area contributed by atoms with Crippen molar-refractivity contribution < 1.29 is 5.11 Å². The van der Waals surface area contributed by atoms with Gasteiger partial charge in [-0.05, 0) is 18.6 Å². The van der Waals surface area contributed by atoms with Crippen LogP contribution in [0.1, 0.15) is 6.92 Å². The summed E-state index contributed by atoms with van der Waals surface area (Å²) in [4.78, 5) is 0. The SMILES string of the molecule is CC(=CC=C(Cl)Cl)CO. The molecule has 0 amide bonds. The Morgan fingerprint density at radius 1 is 1.44 bits per heavy atom. The third kappa shape index (κ3) is 5.90. The average Bonchev–Trinajstić information content (AvgIpc) is 1.83. The van der Waals surface area contributed by atoms with E-state index >= 15 is 0 Å². The predicted molar refractivity (Wildman–Crippen MR) is 40.6 cm³/mol. The minimum absolute atomic E-state index is 0.0392. The maximum atomic E-state index is 8.46. The molecule has 1 nitrogen and oxygen atoms in total. The van der Waals surface area contributed by atoms with Gasteiger partial charge in [-0.3, -0.25) is 0 Å². The first-order chi connectivity index (χ1) is 4.16. The Labute approximate surface area is 64.6 Å². The fraction of sp³-hybridized carbons (Fsp3) is 0.333. The molecule has 0 bridgehead atoms. The lowest BCUT2D eigenvalue weighted by molar-refractivity contribution is 0.331. The molecule has 0 aliphatic carbocycles. The molecular weight excluding hydrogens is 159 g/mol. The summed E-state index contributed by atoms with van der Waals surface area (Å²) in [7, 11) is 0. The molecule has 0 aromatic heterocycles. The topological polar surface area (TPSA) is 20.2 Å². The van der Waals surface area contributed by atoms with E-state index < -0.39 is 0 Å². The van der Waals surface area contributed by atoms with Crippen LogP contribution in [0.2, 0.25) is 0 Å². The first-order valence-electron chi connectivity index (χ1n) is 2.46. The molecule has 0 aliphatic rings. The van der Waals surface area contributed by atoms with Gasteiger partial charge in [0, 0.05) is 0 Å². The molecule has 9 heavy (non-hydrogen) atoms. The molecule has 0 rings (SSSR count). The van der Waals surface area contributed by atoms with E-state index in [1.807, 2.05) is 0 Å². The molecule has 0 heterocycles. The maximum Gasteiger partial charge on any atom is 0.106 e. The molecule has 52 valence electrons. The zero-order chi connectivity index (χ0) is 7.28. The lowest BCUT2D eigenvalue weighted by Crippen LogP contribution is -1.80. The van der Waals surface area contributed by atoms with Crippen molar-refractivity contribution in [2.45, 2.75) is 6.92 Å². The summed E-state index contributed by atoms with van der Waals surface area (Å²) in [5, 5.41) is 8.46. The number of aliphatic hydroxyl groups excluding tert-OH is 1. The van der Waals surface area contributed by atoms with Gasteiger partial charge in [0.15, 0.2) is 0 Å². The maximum absolute atomic E-state index is 8.46. The summed E-state index contributed by atoms with van der Waals surface area (Å²) in [6.07, 6.45) is 3.18. The van der Waals surface area contributed by atoms with Crippen LogP contribution >= 0.6 is 23.2 Å². The van der Waals surface area contributed by atoms with Crippen LogP contribution in [0.15, 0.2) is 22.2 Å². The van der Waals surface area contributed by atoms with Crippen LogP contribution in [0.25, 0.3) is 0 Å². The molecule has 0 fully saturated rings. The van der Waals surface area contributed by atoms with Crippen molar-refractivity contribution in [1.82, 2.24) is 0 Å². The number of aliphatic hydroxyl groups is 1. The van der Waals surface area contributed by atoms with E-state index in [0.717, 1.165) is 5.57 Å². The summed E-state index contributed by atoms with van der Waals surface area (Å²) in [5.74, 6) is 0. The van der Waals surface area contributed by atoms with Crippen molar-refractivity contribution in [3.8, 4) is 0 Å². The van der Waals surface area contributed by atoms with Gasteiger partial charge >= 0.3 is 0 Å². The molecule has 0 atom stereocenters. The quantitative estimate of drug-likeness (QED) is 0.625. The Balaban J connectivity index is 3.83. The molecule has 0 saturated carbocycles. The molecule has 3 heteroatoms. The Bertz CT molecular complexity index is 134. The van der Waals surface area contributed by atoms with Gasteiger partial charge < -0.3 is 5.11 Å². The molecule has 0 spiro atoms. The van der Waals surface area contributed by atoms with Crippen molar-refractivity contribution in [2.75, 3.05) is 6.61 Å². The Morgan fingerprint density at radius 3 is 2.33 bits per heavy atom. The van der Waals surface area contributed by atoms with Gasteiger partial charge in [-0.1, -0.05) is 29.3 Å². The van der Waals surface area contributed by atoms with Gasteiger partial charge in [0.05, 0.1) is 6.61 Å². The summed E-state index contributed by atoms with van der Waals surface area (Å²) in [5.41, 5.74) is 0.828. The second-order valence-electron chi connectivity index (χ2n) is 1.63. The van der Waals surface area contributed by atoms with Gasteiger partial charge in [-0.25, -0.2) is 0 Å². The second kappa shape index (κ2) is 4.86. The number of hydrogen-bond acceptors (Lipinski definition) is 1. The predicted octanol–water partition coefficient (Wildman–Crippen LogP) is 2.24. The van der Waals surface area contributed by atoms with Crippen LogP contribution in [0.5, 0.6) is 0 Å². The minimum atomic E-state index is 0.0392. The number of halogens is 2. The zero-order valence-electron chi connectivity index (χ0n) is 5.06. The third-order valence-corrected chi connectivity index (χ3v) is 0.995. The van der Waals surface area contributed by atoms with Gasteiger partial charge in [0.25, 0.3) is 0 Å². The highest BCUT2D eigenvalue weighted by molar-refractivity contribution is 6.55. The van der Waals surface area contributed by atoms with Crippen LogP contribution in [0.3, 0.4) is 0 Å². The van der Waals surface area contributed by atoms with E-state index in [1.165, 1.54) is 6.08 Å². The van der Waals surface area contributed by atoms with Gasteiger partial charge in [0.2, 0.25) is 0 Å². The number of allylic oxidation sites excluding steroid dienone is 2. The first-order valence-corrected chi connectivity index (χ1v) is 3.21. The monoisotopic (exact) mass is 166 g/mol. The molecule has 0 aromatic rings. The largest absolute Gasteiger partial charge is 0.392 e. The Morgan fingerprint density at radius 2 is 2.00 bits per heavy atom. The minimum Gasteiger partial charge on any atom is -0.392 e. The summed E-state index contributed by atoms with van der Waals surface area (Å²) in [6, 6.07) is 0. The number of hydrogen-bond donors (Lipinski definition) is 1. The van der Waals surface area contributed by atoms with E-state index in [9.17, 15) is 0 Å². The smallest absolute Gasteiger partial charge is 0.106 e. The number of rotatable bonds is 2. The normalized spacial score (nSPS) is 11.3. The van der Waals surface area contributed by atoms with Crippen molar-refractivity contribution >= 4 is 23.2 Å². The van der Waals surface area contributed by atoms with E-state index in [0.29, 0.717) is 0 Å². The standard InChI is InChI=1S/C6H8Cl2O/c1-5(4-9)2-3-6(7)8/h2-3,9H,4H2,1H3. The average molecular weight is 167 g/mol. The lowest BCUT2D eigenvalue weighted by atomic mass is 10.3. The molecule has 0 saturated heterocycles. The Hall–Kier alpha value is 0.0200. The van der Waals surface area contributed by atoms with Crippen LogP contribution in [-0.4, -0.2) is 11.7 Å². The second-order valence-corrected chi connectivity index (χ2v) is 2.64. The molecule has 0 aliphatic heterocycles. The van der Waals surface area contributed by atoms with Crippen molar-refractivity contribution in [3.63, 3.8) is 0 Å². The Kier molecular flexibility index (Phi) is 4.87. The third-order valence-electron chi connectivity index (χ3n) is 0.743. The van der Waals surface area contributed by atoms with E-state index in [4.69, 9.17) is 28.3 Å².